The summed E-state index contributed by atoms with van der Waals surface area (Å²) in [6.07, 6.45) is 1.56. The molecule has 2 N–H and O–H groups in total. The van der Waals surface area contributed by atoms with Gasteiger partial charge in [0.25, 0.3) is 0 Å². The van der Waals surface area contributed by atoms with Gasteiger partial charge in [-0.2, -0.15) is 0 Å². The number of amides is 3. The van der Waals surface area contributed by atoms with Gasteiger partial charge < -0.3 is 15.5 Å². The van der Waals surface area contributed by atoms with Crippen LogP contribution >= 0.6 is 0 Å². The van der Waals surface area contributed by atoms with Crippen LogP contribution in [0.5, 0.6) is 0 Å². The molecule has 1 aliphatic rings. The minimum absolute atomic E-state index is 0.0772. The summed E-state index contributed by atoms with van der Waals surface area (Å²) < 4.78 is 0. The fourth-order valence-corrected chi connectivity index (χ4v) is 3.03. The van der Waals surface area contributed by atoms with Gasteiger partial charge in [-0.05, 0) is 36.6 Å². The average molecular weight is 337 g/mol. The van der Waals surface area contributed by atoms with Crippen molar-refractivity contribution in [2.24, 2.45) is 0 Å². The molecule has 1 aliphatic heterocycles. The van der Waals surface area contributed by atoms with Gasteiger partial charge in [-0.15, -0.1) is 0 Å². The number of anilines is 1. The van der Waals surface area contributed by atoms with Gasteiger partial charge >= 0.3 is 6.03 Å². The molecular formula is C20H23N3O2. The summed E-state index contributed by atoms with van der Waals surface area (Å²) in [6, 6.07) is 17.1. The van der Waals surface area contributed by atoms with Crippen molar-refractivity contribution in [1.82, 2.24) is 10.2 Å². The van der Waals surface area contributed by atoms with Crippen molar-refractivity contribution in [3.05, 3.63) is 65.7 Å². The molecule has 2 aromatic rings. The molecule has 2 aromatic carbocycles. The largest absolute Gasteiger partial charge is 0.338 e. The molecule has 25 heavy (non-hydrogen) atoms. The number of urea groups is 1. The summed E-state index contributed by atoms with van der Waals surface area (Å²) in [4.78, 5) is 25.8. The first-order chi connectivity index (χ1) is 12.1. The van der Waals surface area contributed by atoms with Crippen molar-refractivity contribution >= 4 is 17.6 Å². The van der Waals surface area contributed by atoms with Gasteiger partial charge in [-0.25, -0.2) is 4.79 Å². The van der Waals surface area contributed by atoms with E-state index in [0.29, 0.717) is 13.0 Å². The van der Waals surface area contributed by atoms with E-state index in [0.717, 1.165) is 29.8 Å². The summed E-state index contributed by atoms with van der Waals surface area (Å²) in [6.45, 7) is 3.35. The number of likely N-dealkylation sites (tertiary alicyclic amines) is 1. The third kappa shape index (κ3) is 4.59. The van der Waals surface area contributed by atoms with Gasteiger partial charge in [-0.1, -0.05) is 42.5 Å². The highest BCUT2D eigenvalue weighted by atomic mass is 16.2. The number of nitrogens with one attached hydrogen (secondary N) is 2. The van der Waals surface area contributed by atoms with Crippen molar-refractivity contribution in [2.45, 2.75) is 32.4 Å². The predicted molar refractivity (Wildman–Crippen MR) is 98.1 cm³/mol. The fourth-order valence-electron chi connectivity index (χ4n) is 3.03. The van der Waals surface area contributed by atoms with E-state index in [-0.39, 0.29) is 18.0 Å². The molecule has 5 nitrogen and oxygen atoms in total. The molecule has 0 aliphatic carbocycles. The Morgan fingerprint density at radius 3 is 2.68 bits per heavy atom. The zero-order valence-corrected chi connectivity index (χ0v) is 14.4. The fraction of sp³-hybridized carbons (Fsp3) is 0.300. The summed E-state index contributed by atoms with van der Waals surface area (Å²) in [5, 5.41) is 5.80. The first-order valence-electron chi connectivity index (χ1n) is 8.61. The number of benzene rings is 2. The Morgan fingerprint density at radius 2 is 1.96 bits per heavy atom. The van der Waals surface area contributed by atoms with Crippen LogP contribution in [0.2, 0.25) is 0 Å². The average Bonchev–Trinajstić information content (AvgIpc) is 3.00. The van der Waals surface area contributed by atoms with Gasteiger partial charge in [0.2, 0.25) is 5.91 Å². The Bertz CT molecular complexity index is 746. The molecule has 1 heterocycles. The lowest BCUT2D eigenvalue weighted by molar-refractivity contribution is -0.128. The van der Waals surface area contributed by atoms with E-state index < -0.39 is 0 Å². The number of carbonyl (C=O) groups excluding carboxylic acids is 2. The number of rotatable bonds is 5. The third-order valence-corrected chi connectivity index (χ3v) is 4.38. The maximum atomic E-state index is 12.2. The van der Waals surface area contributed by atoms with Crippen LogP contribution in [0.3, 0.4) is 0 Å². The molecule has 0 bridgehead atoms. The minimum Gasteiger partial charge on any atom is -0.338 e. The Balaban J connectivity index is 1.58. The highest BCUT2D eigenvalue weighted by Crippen LogP contribution is 2.17. The SMILES string of the molecule is C[C@@H](NC(=O)Nc1cccc(CN2CCCC2=O)c1)c1ccccc1. The molecule has 130 valence electrons. The predicted octanol–water partition coefficient (Wildman–Crippen LogP) is 3.69. The Kier molecular flexibility index (Phi) is 5.33. The molecule has 1 fully saturated rings. The lowest BCUT2D eigenvalue weighted by Crippen LogP contribution is -2.31. The van der Waals surface area contributed by atoms with Crippen molar-refractivity contribution in [3.63, 3.8) is 0 Å². The number of hydrogen-bond acceptors (Lipinski definition) is 2. The molecule has 1 atom stereocenters. The Hall–Kier alpha value is -2.82. The lowest BCUT2D eigenvalue weighted by atomic mass is 10.1. The molecule has 0 saturated carbocycles. The number of nitrogens with zero attached hydrogens (tertiary/aromatic N) is 1. The summed E-state index contributed by atoms with van der Waals surface area (Å²) in [7, 11) is 0. The summed E-state index contributed by atoms with van der Waals surface area (Å²) >= 11 is 0. The van der Waals surface area contributed by atoms with Gasteiger partial charge in [-0.3, -0.25) is 4.79 Å². The smallest absolute Gasteiger partial charge is 0.319 e. The van der Waals surface area contributed by atoms with E-state index in [1.165, 1.54) is 0 Å². The molecule has 0 radical (unpaired) electrons. The highest BCUT2D eigenvalue weighted by Gasteiger charge is 2.20. The van der Waals surface area contributed by atoms with Crippen LogP contribution in [0.4, 0.5) is 10.5 Å². The summed E-state index contributed by atoms with van der Waals surface area (Å²) in [5.74, 6) is 0.202. The highest BCUT2D eigenvalue weighted by molar-refractivity contribution is 5.89. The maximum Gasteiger partial charge on any atom is 0.319 e. The van der Waals surface area contributed by atoms with Crippen LogP contribution in [0.1, 0.15) is 36.9 Å². The van der Waals surface area contributed by atoms with Crippen molar-refractivity contribution in [2.75, 3.05) is 11.9 Å². The molecule has 1 saturated heterocycles. The minimum atomic E-state index is -0.245. The molecule has 0 aromatic heterocycles. The maximum absolute atomic E-state index is 12.2. The van der Waals surface area contributed by atoms with E-state index in [9.17, 15) is 9.59 Å². The zero-order valence-electron chi connectivity index (χ0n) is 14.4. The monoisotopic (exact) mass is 337 g/mol. The molecular weight excluding hydrogens is 314 g/mol. The van der Waals surface area contributed by atoms with E-state index in [2.05, 4.69) is 10.6 Å². The third-order valence-electron chi connectivity index (χ3n) is 4.38. The topological polar surface area (TPSA) is 61.4 Å². The van der Waals surface area contributed by atoms with Crippen LogP contribution in [0.15, 0.2) is 54.6 Å². The standard InChI is InChI=1S/C20H23N3O2/c1-15(17-8-3-2-4-9-17)21-20(25)22-18-10-5-7-16(13-18)14-23-12-6-11-19(23)24/h2-5,7-10,13,15H,6,11-12,14H2,1H3,(H2,21,22,25)/t15-/m1/s1. The molecule has 3 amide bonds. The van der Waals surface area contributed by atoms with Gasteiger partial charge in [0.05, 0.1) is 6.04 Å². The Labute approximate surface area is 148 Å². The van der Waals surface area contributed by atoms with Crippen LogP contribution in [-0.4, -0.2) is 23.4 Å². The second kappa shape index (κ2) is 7.83. The van der Waals surface area contributed by atoms with Crippen molar-refractivity contribution in [1.29, 1.82) is 0 Å². The molecule has 0 unspecified atom stereocenters. The van der Waals surface area contributed by atoms with Crippen molar-refractivity contribution in [3.8, 4) is 0 Å². The number of hydrogen-bond donors (Lipinski definition) is 2. The van der Waals surface area contributed by atoms with Gasteiger partial charge in [0, 0.05) is 25.2 Å². The van der Waals surface area contributed by atoms with Crippen LogP contribution in [0, 0.1) is 0 Å². The quantitative estimate of drug-likeness (QED) is 0.874. The van der Waals surface area contributed by atoms with E-state index in [1.807, 2.05) is 66.4 Å². The van der Waals surface area contributed by atoms with Crippen molar-refractivity contribution < 1.29 is 9.59 Å². The first-order valence-corrected chi connectivity index (χ1v) is 8.61. The first kappa shape index (κ1) is 17.0. The lowest BCUT2D eigenvalue weighted by Gasteiger charge is -2.17. The Morgan fingerprint density at radius 1 is 1.16 bits per heavy atom. The summed E-state index contributed by atoms with van der Waals surface area (Å²) in [5.41, 5.74) is 2.80. The van der Waals surface area contributed by atoms with E-state index in [1.54, 1.807) is 0 Å². The van der Waals surface area contributed by atoms with Gasteiger partial charge in [0.1, 0.15) is 0 Å². The van der Waals surface area contributed by atoms with Crippen LogP contribution in [-0.2, 0) is 11.3 Å². The number of carbonyl (C=O) groups is 2. The molecule has 3 rings (SSSR count). The van der Waals surface area contributed by atoms with Crippen LogP contribution < -0.4 is 10.6 Å². The second-order valence-electron chi connectivity index (χ2n) is 6.35. The molecule has 0 spiro atoms. The zero-order chi connectivity index (χ0) is 17.6. The van der Waals surface area contributed by atoms with Crippen LogP contribution in [0.25, 0.3) is 0 Å². The second-order valence-corrected chi connectivity index (χ2v) is 6.35. The van der Waals surface area contributed by atoms with Gasteiger partial charge in [0.15, 0.2) is 0 Å². The molecule has 5 heteroatoms. The van der Waals surface area contributed by atoms with E-state index in [4.69, 9.17) is 0 Å². The normalized spacial score (nSPS) is 15.1. The van der Waals surface area contributed by atoms with E-state index >= 15 is 0 Å².